The fourth-order valence-corrected chi connectivity index (χ4v) is 1.74. The summed E-state index contributed by atoms with van der Waals surface area (Å²) in [6.45, 7) is 1.97. The maximum atomic E-state index is 13.0. The van der Waals surface area contributed by atoms with Gasteiger partial charge >= 0.3 is 0 Å². The van der Waals surface area contributed by atoms with E-state index in [0.717, 1.165) is 16.6 Å². The van der Waals surface area contributed by atoms with Crippen molar-refractivity contribution in [1.29, 1.82) is 0 Å². The third-order valence-corrected chi connectivity index (χ3v) is 2.63. The van der Waals surface area contributed by atoms with Gasteiger partial charge in [0, 0.05) is 18.1 Å². The van der Waals surface area contributed by atoms with E-state index in [4.69, 9.17) is 11.6 Å². The van der Waals surface area contributed by atoms with Gasteiger partial charge in [-0.05, 0) is 25.1 Å². The molecule has 68 valence electrons. The molecule has 0 aliphatic rings. The van der Waals surface area contributed by atoms with Gasteiger partial charge in [0.1, 0.15) is 5.82 Å². The first kappa shape index (κ1) is 8.57. The molecule has 1 aromatic heterocycles. The van der Waals surface area contributed by atoms with Crippen LogP contribution in [0.1, 0.15) is 5.69 Å². The number of hydrogen-bond donors (Lipinski definition) is 0. The molecule has 0 aliphatic heterocycles. The molecule has 0 saturated heterocycles. The molecule has 0 N–H and O–H groups in total. The van der Waals surface area contributed by atoms with Gasteiger partial charge in [0.15, 0.2) is 0 Å². The molecule has 0 radical (unpaired) electrons. The predicted octanol–water partition coefficient (Wildman–Crippen LogP) is 3.28. The van der Waals surface area contributed by atoms with Crippen molar-refractivity contribution in [1.82, 2.24) is 4.57 Å². The molecule has 0 saturated carbocycles. The first-order valence-corrected chi connectivity index (χ1v) is 4.38. The Balaban J connectivity index is 2.94. The van der Waals surface area contributed by atoms with E-state index in [2.05, 4.69) is 0 Å². The van der Waals surface area contributed by atoms with Crippen LogP contribution in [0.5, 0.6) is 0 Å². The van der Waals surface area contributed by atoms with Crippen molar-refractivity contribution in [3.63, 3.8) is 0 Å². The lowest BCUT2D eigenvalue weighted by Crippen LogP contribution is -1.89. The van der Waals surface area contributed by atoms with Crippen LogP contribution in [-0.2, 0) is 7.05 Å². The van der Waals surface area contributed by atoms with Crippen LogP contribution in [0.25, 0.3) is 10.9 Å². The molecule has 0 spiro atoms. The molecule has 0 aliphatic carbocycles. The Hall–Kier alpha value is -1.02. The molecule has 2 aromatic rings. The molecule has 1 nitrogen and oxygen atoms in total. The van der Waals surface area contributed by atoms with Crippen LogP contribution in [0.4, 0.5) is 4.39 Å². The van der Waals surface area contributed by atoms with E-state index in [1.165, 1.54) is 12.1 Å². The highest BCUT2D eigenvalue weighted by Crippen LogP contribution is 2.27. The summed E-state index contributed by atoms with van der Waals surface area (Å²) in [6, 6.07) is 4.79. The number of hydrogen-bond acceptors (Lipinski definition) is 0. The van der Waals surface area contributed by atoms with Gasteiger partial charge in [-0.3, -0.25) is 0 Å². The third kappa shape index (κ3) is 1.22. The summed E-state index contributed by atoms with van der Waals surface area (Å²) in [4.78, 5) is 0. The maximum Gasteiger partial charge on any atom is 0.126 e. The second-order valence-electron chi connectivity index (χ2n) is 3.17. The molecule has 0 atom stereocenters. The van der Waals surface area contributed by atoms with E-state index in [1.807, 2.05) is 24.6 Å². The van der Waals surface area contributed by atoms with E-state index >= 15 is 0 Å². The van der Waals surface area contributed by atoms with E-state index in [9.17, 15) is 4.39 Å². The predicted molar refractivity (Wildman–Crippen MR) is 52.6 cm³/mol. The lowest BCUT2D eigenvalue weighted by Gasteiger charge is -1.99. The molecular formula is C10H9ClFN. The zero-order valence-corrected chi connectivity index (χ0v) is 8.19. The van der Waals surface area contributed by atoms with Crippen LogP contribution >= 0.6 is 11.6 Å². The molecule has 13 heavy (non-hydrogen) atoms. The van der Waals surface area contributed by atoms with Crippen LogP contribution in [0.2, 0.25) is 5.02 Å². The number of benzene rings is 1. The largest absolute Gasteiger partial charge is 0.348 e. The summed E-state index contributed by atoms with van der Waals surface area (Å²) in [7, 11) is 1.90. The summed E-state index contributed by atoms with van der Waals surface area (Å²) in [5.41, 5.74) is 1.91. The molecule has 3 heteroatoms. The molecule has 1 heterocycles. The van der Waals surface area contributed by atoms with Gasteiger partial charge in [0.05, 0.1) is 10.5 Å². The second kappa shape index (κ2) is 2.74. The minimum Gasteiger partial charge on any atom is -0.348 e. The second-order valence-corrected chi connectivity index (χ2v) is 3.57. The summed E-state index contributed by atoms with van der Waals surface area (Å²) < 4.78 is 14.9. The zero-order chi connectivity index (χ0) is 9.59. The quantitative estimate of drug-likeness (QED) is 0.611. The van der Waals surface area contributed by atoms with Crippen molar-refractivity contribution in [2.24, 2.45) is 7.05 Å². The smallest absolute Gasteiger partial charge is 0.126 e. The van der Waals surface area contributed by atoms with Crippen LogP contribution in [0.15, 0.2) is 18.2 Å². The number of fused-ring (bicyclic) bond motifs is 1. The Morgan fingerprint density at radius 1 is 1.31 bits per heavy atom. The first-order chi connectivity index (χ1) is 6.09. The van der Waals surface area contributed by atoms with Gasteiger partial charge in [-0.1, -0.05) is 11.6 Å². The van der Waals surface area contributed by atoms with Gasteiger partial charge in [0.2, 0.25) is 0 Å². The highest BCUT2D eigenvalue weighted by atomic mass is 35.5. The van der Waals surface area contributed by atoms with Gasteiger partial charge < -0.3 is 4.57 Å². The maximum absolute atomic E-state index is 13.0. The number of nitrogens with zero attached hydrogens (tertiary/aromatic N) is 1. The summed E-state index contributed by atoms with van der Waals surface area (Å²) >= 11 is 5.89. The molecular weight excluding hydrogens is 189 g/mol. The summed E-state index contributed by atoms with van der Waals surface area (Å²) in [6.07, 6.45) is 0. The van der Waals surface area contributed by atoms with E-state index in [-0.39, 0.29) is 5.82 Å². The first-order valence-electron chi connectivity index (χ1n) is 4.00. The van der Waals surface area contributed by atoms with Crippen molar-refractivity contribution in [2.45, 2.75) is 6.92 Å². The normalized spacial score (nSPS) is 11.1. The molecule has 2 rings (SSSR count). The van der Waals surface area contributed by atoms with Crippen molar-refractivity contribution < 1.29 is 4.39 Å². The average molecular weight is 198 g/mol. The zero-order valence-electron chi connectivity index (χ0n) is 7.44. The SMILES string of the molecule is Cc1cc2c(Cl)cc(F)cc2n1C. The number of aromatic nitrogens is 1. The van der Waals surface area contributed by atoms with Crippen molar-refractivity contribution in [3.8, 4) is 0 Å². The van der Waals surface area contributed by atoms with Crippen LogP contribution < -0.4 is 0 Å². The number of halogens is 2. The Bertz CT molecular complexity index is 473. The monoisotopic (exact) mass is 197 g/mol. The minimum absolute atomic E-state index is 0.293. The van der Waals surface area contributed by atoms with E-state index in [1.54, 1.807) is 0 Å². The summed E-state index contributed by atoms with van der Waals surface area (Å²) in [5.74, 6) is -0.293. The highest BCUT2D eigenvalue weighted by Gasteiger charge is 2.07. The lowest BCUT2D eigenvalue weighted by atomic mass is 10.2. The van der Waals surface area contributed by atoms with Gasteiger partial charge in [-0.25, -0.2) is 4.39 Å². The molecule has 0 bridgehead atoms. The van der Waals surface area contributed by atoms with Gasteiger partial charge in [-0.15, -0.1) is 0 Å². The molecule has 0 unspecified atom stereocenters. The Morgan fingerprint density at radius 3 is 2.69 bits per heavy atom. The Morgan fingerprint density at radius 2 is 2.00 bits per heavy atom. The highest BCUT2D eigenvalue weighted by molar-refractivity contribution is 6.35. The van der Waals surface area contributed by atoms with E-state index in [0.29, 0.717) is 5.02 Å². The number of rotatable bonds is 0. The summed E-state index contributed by atoms with van der Waals surface area (Å²) in [5, 5.41) is 1.38. The van der Waals surface area contributed by atoms with Crippen molar-refractivity contribution in [2.75, 3.05) is 0 Å². The molecule has 0 amide bonds. The number of aryl methyl sites for hydroxylation is 2. The van der Waals surface area contributed by atoms with Crippen LogP contribution in [-0.4, -0.2) is 4.57 Å². The van der Waals surface area contributed by atoms with Crippen molar-refractivity contribution >= 4 is 22.5 Å². The van der Waals surface area contributed by atoms with Crippen LogP contribution in [0.3, 0.4) is 0 Å². The molecule has 0 fully saturated rings. The topological polar surface area (TPSA) is 4.93 Å². The van der Waals surface area contributed by atoms with E-state index < -0.39 is 0 Å². The van der Waals surface area contributed by atoms with Crippen molar-refractivity contribution in [3.05, 3.63) is 34.7 Å². The van der Waals surface area contributed by atoms with Gasteiger partial charge in [0.25, 0.3) is 0 Å². The van der Waals surface area contributed by atoms with Gasteiger partial charge in [-0.2, -0.15) is 0 Å². The minimum atomic E-state index is -0.293. The fraction of sp³-hybridized carbons (Fsp3) is 0.200. The Labute approximate surface area is 80.7 Å². The average Bonchev–Trinajstić information content (AvgIpc) is 2.32. The fourth-order valence-electron chi connectivity index (χ4n) is 1.49. The lowest BCUT2D eigenvalue weighted by molar-refractivity contribution is 0.629. The molecule has 1 aromatic carbocycles. The Kier molecular flexibility index (Phi) is 1.81. The standard InChI is InChI=1S/C10H9ClFN/c1-6-3-8-9(11)4-7(12)5-10(8)13(6)2/h3-5H,1-2H3. The third-order valence-electron chi connectivity index (χ3n) is 2.32. The van der Waals surface area contributed by atoms with Crippen LogP contribution in [0, 0.1) is 12.7 Å².